The fraction of sp³-hybridized carbons (Fsp3) is 0.909. The lowest BCUT2D eigenvalue weighted by Crippen LogP contribution is -2.56. The molecular formula is C22H41N5O. The first-order valence-corrected chi connectivity index (χ1v) is 11.5. The van der Waals surface area contributed by atoms with Gasteiger partial charge in [-0.3, -0.25) is 9.79 Å². The van der Waals surface area contributed by atoms with Gasteiger partial charge in [0.2, 0.25) is 5.91 Å². The Morgan fingerprint density at radius 1 is 1.07 bits per heavy atom. The molecule has 1 amide bonds. The number of nitrogens with one attached hydrogen (secondary N) is 2. The van der Waals surface area contributed by atoms with Gasteiger partial charge in [-0.2, -0.15) is 0 Å². The summed E-state index contributed by atoms with van der Waals surface area (Å²) < 4.78 is 0. The molecular weight excluding hydrogens is 350 g/mol. The first-order valence-electron chi connectivity index (χ1n) is 11.5. The van der Waals surface area contributed by atoms with Gasteiger partial charge < -0.3 is 20.4 Å². The third-order valence-corrected chi connectivity index (χ3v) is 7.34. The standard InChI is InChI=1S/C22H41N5O/c1-23-21(24-17-22(26(2)3)13-8-5-9-14-22)25-19-12-15-27(16-19)20(28)18-10-6-4-7-11-18/h18-19H,4-17H2,1-3H3,(H2,23,24,25). The molecule has 0 bridgehead atoms. The molecule has 3 aliphatic rings. The Balaban J connectivity index is 1.48. The zero-order valence-electron chi connectivity index (χ0n) is 18.3. The second-order valence-corrected chi connectivity index (χ2v) is 9.35. The molecule has 2 N–H and O–H groups in total. The molecule has 2 saturated carbocycles. The molecule has 1 heterocycles. The molecule has 1 saturated heterocycles. The molecule has 6 heteroatoms. The quantitative estimate of drug-likeness (QED) is 0.559. The monoisotopic (exact) mass is 391 g/mol. The van der Waals surface area contributed by atoms with Crippen LogP contribution in [0.2, 0.25) is 0 Å². The second-order valence-electron chi connectivity index (χ2n) is 9.35. The Morgan fingerprint density at radius 2 is 1.75 bits per heavy atom. The highest BCUT2D eigenvalue weighted by Crippen LogP contribution is 2.31. The van der Waals surface area contributed by atoms with Crippen LogP contribution in [0.25, 0.3) is 0 Å². The highest BCUT2D eigenvalue weighted by molar-refractivity contribution is 5.81. The molecule has 28 heavy (non-hydrogen) atoms. The van der Waals surface area contributed by atoms with Crippen molar-refractivity contribution >= 4 is 11.9 Å². The van der Waals surface area contributed by atoms with E-state index in [1.54, 1.807) is 0 Å². The number of amides is 1. The number of guanidine groups is 1. The van der Waals surface area contributed by atoms with Crippen LogP contribution in [0.3, 0.4) is 0 Å². The minimum Gasteiger partial charge on any atom is -0.355 e. The summed E-state index contributed by atoms with van der Waals surface area (Å²) in [6.45, 7) is 2.62. The van der Waals surface area contributed by atoms with Crippen molar-refractivity contribution in [2.75, 3.05) is 40.8 Å². The predicted molar refractivity (Wildman–Crippen MR) is 116 cm³/mol. The van der Waals surface area contributed by atoms with Gasteiger partial charge in [-0.05, 0) is 46.2 Å². The molecule has 1 aliphatic heterocycles. The van der Waals surface area contributed by atoms with Gasteiger partial charge in [-0.25, -0.2) is 0 Å². The lowest BCUT2D eigenvalue weighted by Gasteiger charge is -2.43. The van der Waals surface area contributed by atoms with E-state index >= 15 is 0 Å². The van der Waals surface area contributed by atoms with E-state index in [1.807, 2.05) is 7.05 Å². The van der Waals surface area contributed by atoms with Crippen molar-refractivity contribution in [1.29, 1.82) is 0 Å². The van der Waals surface area contributed by atoms with Gasteiger partial charge in [0, 0.05) is 44.2 Å². The molecule has 0 aromatic heterocycles. The summed E-state index contributed by atoms with van der Waals surface area (Å²) in [5, 5.41) is 7.17. The number of likely N-dealkylation sites (N-methyl/N-ethyl adjacent to an activating group) is 1. The maximum atomic E-state index is 12.8. The van der Waals surface area contributed by atoms with E-state index in [4.69, 9.17) is 0 Å². The number of carbonyl (C=O) groups is 1. The lowest BCUT2D eigenvalue weighted by molar-refractivity contribution is -0.135. The van der Waals surface area contributed by atoms with Crippen molar-refractivity contribution in [3.05, 3.63) is 0 Å². The molecule has 0 radical (unpaired) electrons. The van der Waals surface area contributed by atoms with E-state index in [2.05, 4.69) is 39.5 Å². The normalized spacial score (nSPS) is 26.5. The van der Waals surface area contributed by atoms with E-state index in [-0.39, 0.29) is 11.5 Å². The molecule has 1 unspecified atom stereocenters. The molecule has 1 atom stereocenters. The predicted octanol–water partition coefficient (Wildman–Crippen LogP) is 2.60. The maximum absolute atomic E-state index is 12.8. The van der Waals surface area contributed by atoms with Crippen molar-refractivity contribution in [3.8, 4) is 0 Å². The van der Waals surface area contributed by atoms with Crippen LogP contribution in [-0.4, -0.2) is 74.0 Å². The van der Waals surface area contributed by atoms with Crippen molar-refractivity contribution in [2.24, 2.45) is 10.9 Å². The van der Waals surface area contributed by atoms with Crippen LogP contribution in [0, 0.1) is 5.92 Å². The van der Waals surface area contributed by atoms with Gasteiger partial charge in [0.25, 0.3) is 0 Å². The Morgan fingerprint density at radius 3 is 2.39 bits per heavy atom. The Kier molecular flexibility index (Phi) is 7.61. The smallest absolute Gasteiger partial charge is 0.225 e. The summed E-state index contributed by atoms with van der Waals surface area (Å²) >= 11 is 0. The number of aliphatic imine (C=N–C) groups is 1. The Bertz CT molecular complexity index is 535. The van der Waals surface area contributed by atoms with E-state index in [0.717, 1.165) is 44.9 Å². The summed E-state index contributed by atoms with van der Waals surface area (Å²) in [5.74, 6) is 1.54. The number of hydrogen-bond acceptors (Lipinski definition) is 3. The minimum absolute atomic E-state index is 0.231. The van der Waals surface area contributed by atoms with Crippen LogP contribution >= 0.6 is 0 Å². The molecule has 6 nitrogen and oxygen atoms in total. The molecule has 0 spiro atoms. The largest absolute Gasteiger partial charge is 0.355 e. The summed E-state index contributed by atoms with van der Waals surface area (Å²) in [6.07, 6.45) is 13.4. The lowest BCUT2D eigenvalue weighted by atomic mass is 9.80. The number of rotatable bonds is 5. The fourth-order valence-corrected chi connectivity index (χ4v) is 5.31. The molecule has 0 aromatic carbocycles. The van der Waals surface area contributed by atoms with Gasteiger partial charge in [0.15, 0.2) is 5.96 Å². The van der Waals surface area contributed by atoms with Gasteiger partial charge in [0.1, 0.15) is 0 Å². The average molecular weight is 392 g/mol. The van der Waals surface area contributed by atoms with Crippen LogP contribution in [0.15, 0.2) is 4.99 Å². The van der Waals surface area contributed by atoms with Crippen molar-refractivity contribution < 1.29 is 4.79 Å². The summed E-state index contributed by atoms with van der Waals surface area (Å²) in [7, 11) is 6.25. The Labute approximate surface area is 171 Å². The highest BCUT2D eigenvalue weighted by Gasteiger charge is 2.35. The summed E-state index contributed by atoms with van der Waals surface area (Å²) in [4.78, 5) is 21.7. The number of carbonyl (C=O) groups excluding carboxylic acids is 1. The van der Waals surface area contributed by atoms with Gasteiger partial charge in [-0.1, -0.05) is 38.5 Å². The first-order chi connectivity index (χ1) is 13.5. The van der Waals surface area contributed by atoms with Crippen LogP contribution < -0.4 is 10.6 Å². The maximum Gasteiger partial charge on any atom is 0.225 e. The van der Waals surface area contributed by atoms with Crippen LogP contribution in [0.5, 0.6) is 0 Å². The number of nitrogens with zero attached hydrogens (tertiary/aromatic N) is 3. The Hall–Kier alpha value is -1.30. The summed E-state index contributed by atoms with van der Waals surface area (Å²) in [6, 6.07) is 0.306. The third kappa shape index (κ3) is 5.19. The van der Waals surface area contributed by atoms with E-state index in [9.17, 15) is 4.79 Å². The van der Waals surface area contributed by atoms with Crippen LogP contribution in [0.4, 0.5) is 0 Å². The van der Waals surface area contributed by atoms with Crippen molar-refractivity contribution in [3.63, 3.8) is 0 Å². The first kappa shape index (κ1) is 21.4. The third-order valence-electron chi connectivity index (χ3n) is 7.34. The van der Waals surface area contributed by atoms with Crippen LogP contribution in [0.1, 0.15) is 70.6 Å². The number of likely N-dealkylation sites (tertiary alicyclic amines) is 1. The van der Waals surface area contributed by atoms with Gasteiger partial charge in [0.05, 0.1) is 0 Å². The van der Waals surface area contributed by atoms with E-state index < -0.39 is 0 Å². The molecule has 3 fully saturated rings. The minimum atomic E-state index is 0.231. The van der Waals surface area contributed by atoms with E-state index in [0.29, 0.717) is 11.9 Å². The molecule has 3 rings (SSSR count). The van der Waals surface area contributed by atoms with Crippen molar-refractivity contribution in [2.45, 2.75) is 82.2 Å². The number of hydrogen-bond donors (Lipinski definition) is 2. The fourth-order valence-electron chi connectivity index (χ4n) is 5.31. The SMILES string of the molecule is CN=C(NCC1(N(C)C)CCCCC1)NC1CCN(C(=O)C2CCCCC2)C1. The average Bonchev–Trinajstić information content (AvgIpc) is 3.20. The molecule has 2 aliphatic carbocycles. The highest BCUT2D eigenvalue weighted by atomic mass is 16.2. The van der Waals surface area contributed by atoms with Crippen molar-refractivity contribution in [1.82, 2.24) is 20.4 Å². The topological polar surface area (TPSA) is 60.0 Å². The summed E-state index contributed by atoms with van der Waals surface area (Å²) in [5.41, 5.74) is 0.231. The van der Waals surface area contributed by atoms with Gasteiger partial charge >= 0.3 is 0 Å². The van der Waals surface area contributed by atoms with Gasteiger partial charge in [-0.15, -0.1) is 0 Å². The van der Waals surface area contributed by atoms with E-state index in [1.165, 1.54) is 51.4 Å². The molecule has 0 aromatic rings. The zero-order chi connectivity index (χ0) is 20.0. The molecule has 160 valence electrons. The zero-order valence-corrected chi connectivity index (χ0v) is 18.3. The second kappa shape index (κ2) is 9.95. The van der Waals surface area contributed by atoms with Crippen LogP contribution in [-0.2, 0) is 4.79 Å².